The maximum Gasteiger partial charge on any atom is 0.415 e. The Morgan fingerprint density at radius 2 is 1.33 bits per heavy atom. The molecule has 0 atom stereocenters. The SMILES string of the molecule is O=C(Oc1ccc(-c2coc3cc(OC(=O)N4CCCCC4)cc(O)c3c2=O)cc1)N1CCCCC1. The Bertz CT molecular complexity index is 1320. The van der Waals surface area contributed by atoms with E-state index in [1.807, 2.05) is 0 Å². The molecule has 5 rings (SSSR count). The Balaban J connectivity index is 1.34. The zero-order chi connectivity index (χ0) is 25.1. The van der Waals surface area contributed by atoms with E-state index in [1.165, 1.54) is 18.4 Å². The molecule has 0 unspecified atom stereocenters. The predicted octanol–water partition coefficient (Wildman–Crippen LogP) is 5.14. The van der Waals surface area contributed by atoms with Gasteiger partial charge in [0.25, 0.3) is 0 Å². The van der Waals surface area contributed by atoms with Crippen molar-refractivity contribution in [3.05, 3.63) is 52.9 Å². The summed E-state index contributed by atoms with van der Waals surface area (Å²) in [4.78, 5) is 41.2. The molecule has 1 aromatic heterocycles. The van der Waals surface area contributed by atoms with Crippen molar-refractivity contribution in [3.63, 3.8) is 0 Å². The third-order valence-corrected chi connectivity index (χ3v) is 6.63. The average Bonchev–Trinajstić information content (AvgIpc) is 2.90. The number of ether oxygens (including phenoxy) is 2. The van der Waals surface area contributed by atoms with E-state index in [9.17, 15) is 19.5 Å². The van der Waals surface area contributed by atoms with E-state index in [-0.39, 0.29) is 34.1 Å². The number of benzene rings is 2. The number of hydrogen-bond acceptors (Lipinski definition) is 7. The highest BCUT2D eigenvalue weighted by Crippen LogP contribution is 2.31. The molecular weight excluding hydrogens is 464 g/mol. The fourth-order valence-electron chi connectivity index (χ4n) is 4.65. The van der Waals surface area contributed by atoms with Crippen LogP contribution >= 0.6 is 0 Å². The normalized spacial score (nSPS) is 16.1. The third-order valence-electron chi connectivity index (χ3n) is 6.63. The molecular formula is C27H28N2O7. The van der Waals surface area contributed by atoms with E-state index >= 15 is 0 Å². The van der Waals surface area contributed by atoms with Crippen LogP contribution in [0, 0.1) is 0 Å². The summed E-state index contributed by atoms with van der Waals surface area (Å²) in [7, 11) is 0. The van der Waals surface area contributed by atoms with Crippen molar-refractivity contribution < 1.29 is 28.6 Å². The van der Waals surface area contributed by atoms with Gasteiger partial charge in [0.2, 0.25) is 5.43 Å². The number of carbonyl (C=O) groups excluding carboxylic acids is 2. The molecule has 2 amide bonds. The molecule has 9 heteroatoms. The number of nitrogens with zero attached hydrogens (tertiary/aromatic N) is 2. The topological polar surface area (TPSA) is 110 Å². The van der Waals surface area contributed by atoms with Crippen LogP contribution in [0.3, 0.4) is 0 Å². The second kappa shape index (κ2) is 10.3. The first-order valence-corrected chi connectivity index (χ1v) is 12.3. The van der Waals surface area contributed by atoms with Crippen LogP contribution in [0.5, 0.6) is 17.2 Å². The molecule has 0 radical (unpaired) electrons. The van der Waals surface area contributed by atoms with E-state index in [1.54, 1.807) is 34.1 Å². The number of carbonyl (C=O) groups is 2. The van der Waals surface area contributed by atoms with Crippen LogP contribution in [-0.4, -0.2) is 53.3 Å². The maximum absolute atomic E-state index is 13.2. The summed E-state index contributed by atoms with van der Waals surface area (Å²) in [5.41, 5.74) is 0.464. The van der Waals surface area contributed by atoms with Crippen LogP contribution in [0.2, 0.25) is 0 Å². The lowest BCUT2D eigenvalue weighted by molar-refractivity contribution is 0.141. The highest BCUT2D eigenvalue weighted by molar-refractivity contribution is 5.88. The standard InChI is InChI=1S/C27H28N2O7/c30-22-15-20(36-27(33)29-13-5-2-6-14-29)16-23-24(22)25(31)21(17-34-23)18-7-9-19(10-8-18)35-26(32)28-11-3-1-4-12-28/h7-10,15-17,30H,1-6,11-14H2. The minimum absolute atomic E-state index is 0.00845. The zero-order valence-corrected chi connectivity index (χ0v) is 19.9. The smallest absolute Gasteiger partial charge is 0.415 e. The molecule has 0 spiro atoms. The Hall–Kier alpha value is -4.01. The quantitative estimate of drug-likeness (QED) is 0.539. The fourth-order valence-corrected chi connectivity index (χ4v) is 4.65. The fraction of sp³-hybridized carbons (Fsp3) is 0.370. The number of likely N-dealkylation sites (tertiary alicyclic amines) is 2. The molecule has 3 heterocycles. The lowest BCUT2D eigenvalue weighted by Crippen LogP contribution is -2.37. The molecule has 1 N–H and O–H groups in total. The molecule has 188 valence electrons. The maximum atomic E-state index is 13.2. The van der Waals surface area contributed by atoms with Gasteiger partial charge in [-0.15, -0.1) is 0 Å². The van der Waals surface area contributed by atoms with Crippen molar-refractivity contribution in [3.8, 4) is 28.4 Å². The van der Waals surface area contributed by atoms with E-state index in [0.29, 0.717) is 37.5 Å². The molecule has 9 nitrogen and oxygen atoms in total. The molecule has 0 bridgehead atoms. The second-order valence-electron chi connectivity index (χ2n) is 9.15. The van der Waals surface area contributed by atoms with Crippen molar-refractivity contribution in [2.24, 2.45) is 0 Å². The predicted molar refractivity (Wildman–Crippen MR) is 132 cm³/mol. The van der Waals surface area contributed by atoms with E-state index < -0.39 is 11.5 Å². The average molecular weight is 493 g/mol. The number of hydrogen-bond donors (Lipinski definition) is 1. The van der Waals surface area contributed by atoms with Crippen LogP contribution in [0.1, 0.15) is 38.5 Å². The number of rotatable bonds is 3. The van der Waals surface area contributed by atoms with Gasteiger partial charge in [0, 0.05) is 38.3 Å². The highest BCUT2D eigenvalue weighted by atomic mass is 16.6. The molecule has 2 aliphatic rings. The van der Waals surface area contributed by atoms with Gasteiger partial charge in [0.15, 0.2) is 0 Å². The van der Waals surface area contributed by atoms with Gasteiger partial charge in [0.1, 0.15) is 34.5 Å². The van der Waals surface area contributed by atoms with Crippen molar-refractivity contribution in [1.82, 2.24) is 9.80 Å². The number of amides is 2. The first kappa shape index (κ1) is 23.7. The number of fused-ring (bicyclic) bond motifs is 1. The van der Waals surface area contributed by atoms with Crippen LogP contribution in [0.4, 0.5) is 9.59 Å². The molecule has 2 aliphatic heterocycles. The summed E-state index contributed by atoms with van der Waals surface area (Å²) in [6, 6.07) is 9.21. The molecule has 2 fully saturated rings. The zero-order valence-electron chi connectivity index (χ0n) is 19.9. The largest absolute Gasteiger partial charge is 0.507 e. The number of phenolic OH excluding ortho intramolecular Hbond substituents is 1. The van der Waals surface area contributed by atoms with Crippen molar-refractivity contribution >= 4 is 23.2 Å². The lowest BCUT2D eigenvalue weighted by Gasteiger charge is -2.25. The van der Waals surface area contributed by atoms with Gasteiger partial charge < -0.3 is 28.8 Å². The minimum atomic E-state index is -0.492. The Morgan fingerprint density at radius 1 is 0.778 bits per heavy atom. The summed E-state index contributed by atoms with van der Waals surface area (Å²) in [5, 5.41) is 10.6. The number of phenols is 1. The third kappa shape index (κ3) is 5.00. The van der Waals surface area contributed by atoms with E-state index in [0.717, 1.165) is 38.5 Å². The molecule has 3 aromatic rings. The second-order valence-corrected chi connectivity index (χ2v) is 9.15. The van der Waals surface area contributed by atoms with Gasteiger partial charge in [-0.25, -0.2) is 9.59 Å². The van der Waals surface area contributed by atoms with Crippen molar-refractivity contribution in [2.75, 3.05) is 26.2 Å². The summed E-state index contributed by atoms with van der Waals surface area (Å²) < 4.78 is 16.5. The number of aromatic hydroxyl groups is 1. The first-order valence-electron chi connectivity index (χ1n) is 12.3. The highest BCUT2D eigenvalue weighted by Gasteiger charge is 2.21. The van der Waals surface area contributed by atoms with Gasteiger partial charge in [-0.2, -0.15) is 0 Å². The van der Waals surface area contributed by atoms with Gasteiger partial charge in [0.05, 0.1) is 5.56 Å². The summed E-state index contributed by atoms with van der Waals surface area (Å²) >= 11 is 0. The lowest BCUT2D eigenvalue weighted by atomic mass is 10.0. The van der Waals surface area contributed by atoms with E-state index in [2.05, 4.69) is 0 Å². The van der Waals surface area contributed by atoms with Crippen molar-refractivity contribution in [2.45, 2.75) is 38.5 Å². The Labute approximate surface area is 207 Å². The van der Waals surface area contributed by atoms with Gasteiger partial charge in [-0.3, -0.25) is 4.79 Å². The minimum Gasteiger partial charge on any atom is -0.507 e. The molecule has 2 aromatic carbocycles. The van der Waals surface area contributed by atoms with E-state index in [4.69, 9.17) is 13.9 Å². The van der Waals surface area contributed by atoms with Crippen LogP contribution in [0.25, 0.3) is 22.1 Å². The first-order chi connectivity index (χ1) is 17.5. The summed E-state index contributed by atoms with van der Waals surface area (Å²) in [6.45, 7) is 2.65. The summed E-state index contributed by atoms with van der Waals surface area (Å²) in [6.07, 6.45) is 6.43. The molecule has 0 aliphatic carbocycles. The number of piperidine rings is 2. The van der Waals surface area contributed by atoms with Crippen molar-refractivity contribution in [1.29, 1.82) is 0 Å². The van der Waals surface area contributed by atoms with Gasteiger partial charge >= 0.3 is 12.2 Å². The van der Waals surface area contributed by atoms with Crippen LogP contribution < -0.4 is 14.9 Å². The Kier molecular flexibility index (Phi) is 6.79. The van der Waals surface area contributed by atoms with Crippen LogP contribution in [0.15, 0.2) is 51.9 Å². The molecule has 2 saturated heterocycles. The molecule has 36 heavy (non-hydrogen) atoms. The Morgan fingerprint density at radius 3 is 1.92 bits per heavy atom. The van der Waals surface area contributed by atoms with Crippen LogP contribution in [-0.2, 0) is 0 Å². The van der Waals surface area contributed by atoms with Gasteiger partial charge in [-0.1, -0.05) is 12.1 Å². The summed E-state index contributed by atoms with van der Waals surface area (Å²) in [5.74, 6) is 0.144. The molecule has 0 saturated carbocycles. The van der Waals surface area contributed by atoms with Gasteiger partial charge in [-0.05, 0) is 56.2 Å². The monoisotopic (exact) mass is 492 g/mol.